The Balaban J connectivity index is 1.33. The molecular weight excluding hydrogens is 492 g/mol. The predicted octanol–water partition coefficient (Wildman–Crippen LogP) is 5.23. The van der Waals surface area contributed by atoms with Gasteiger partial charge >= 0.3 is 6.18 Å². The van der Waals surface area contributed by atoms with Gasteiger partial charge in [-0.2, -0.15) is 18.2 Å². The van der Waals surface area contributed by atoms with Gasteiger partial charge in [0.15, 0.2) is 0 Å². The van der Waals surface area contributed by atoms with E-state index in [1.165, 1.54) is 13.3 Å². The van der Waals surface area contributed by atoms with E-state index < -0.39 is 17.6 Å². The normalized spacial score (nSPS) is 14.5. The van der Waals surface area contributed by atoms with E-state index >= 15 is 0 Å². The average Bonchev–Trinajstić information content (AvgIpc) is 2.85. The SMILES string of the molecule is CC(=O)Nc1cccc(Nc2ncnc(N3CCC(OCc4ccc(C(F)(F)F)cc4F)CC3)n2)c1C. The van der Waals surface area contributed by atoms with Gasteiger partial charge in [-0.25, -0.2) is 14.4 Å². The molecule has 3 aromatic rings. The average molecular weight is 519 g/mol. The molecule has 1 amide bonds. The fourth-order valence-corrected chi connectivity index (χ4v) is 3.99. The maximum Gasteiger partial charge on any atom is 0.416 e. The van der Waals surface area contributed by atoms with Crippen molar-refractivity contribution in [3.8, 4) is 0 Å². The van der Waals surface area contributed by atoms with E-state index in [0.717, 1.165) is 23.4 Å². The number of carbonyl (C=O) groups is 1. The highest BCUT2D eigenvalue weighted by Crippen LogP contribution is 2.31. The summed E-state index contributed by atoms with van der Waals surface area (Å²) in [4.78, 5) is 26.4. The summed E-state index contributed by atoms with van der Waals surface area (Å²) in [5.74, 6) is -0.264. The Kier molecular flexibility index (Phi) is 7.86. The van der Waals surface area contributed by atoms with Gasteiger partial charge in [-0.05, 0) is 49.6 Å². The molecule has 37 heavy (non-hydrogen) atoms. The van der Waals surface area contributed by atoms with Crippen molar-refractivity contribution in [1.29, 1.82) is 0 Å². The lowest BCUT2D eigenvalue weighted by molar-refractivity contribution is -0.137. The van der Waals surface area contributed by atoms with Crippen molar-refractivity contribution in [2.24, 2.45) is 0 Å². The summed E-state index contributed by atoms with van der Waals surface area (Å²) >= 11 is 0. The monoisotopic (exact) mass is 518 g/mol. The van der Waals surface area contributed by atoms with Crippen LogP contribution in [0.4, 0.5) is 40.8 Å². The minimum atomic E-state index is -4.59. The molecule has 2 aromatic carbocycles. The molecule has 0 radical (unpaired) electrons. The van der Waals surface area contributed by atoms with E-state index in [9.17, 15) is 22.4 Å². The smallest absolute Gasteiger partial charge is 0.373 e. The molecular formula is C25H26F4N6O2. The molecule has 1 aliphatic heterocycles. The van der Waals surface area contributed by atoms with Crippen LogP contribution in [0.2, 0.25) is 0 Å². The van der Waals surface area contributed by atoms with E-state index in [-0.39, 0.29) is 24.2 Å². The molecule has 4 rings (SSSR count). The number of carbonyl (C=O) groups excluding carboxylic acids is 1. The van der Waals surface area contributed by atoms with E-state index in [0.29, 0.717) is 49.6 Å². The largest absolute Gasteiger partial charge is 0.416 e. The first-order valence-electron chi connectivity index (χ1n) is 11.7. The van der Waals surface area contributed by atoms with Gasteiger partial charge in [-0.15, -0.1) is 0 Å². The van der Waals surface area contributed by atoms with Crippen LogP contribution < -0.4 is 15.5 Å². The van der Waals surface area contributed by atoms with Crippen LogP contribution >= 0.6 is 0 Å². The Morgan fingerprint density at radius 1 is 1.14 bits per heavy atom. The van der Waals surface area contributed by atoms with E-state index in [4.69, 9.17) is 4.74 Å². The van der Waals surface area contributed by atoms with Crippen LogP contribution in [-0.4, -0.2) is 40.1 Å². The van der Waals surface area contributed by atoms with Crippen LogP contribution in [0.25, 0.3) is 0 Å². The molecule has 2 heterocycles. The maximum atomic E-state index is 14.1. The first kappa shape index (κ1) is 26.3. The fraction of sp³-hybridized carbons (Fsp3) is 0.360. The third-order valence-electron chi connectivity index (χ3n) is 6.03. The van der Waals surface area contributed by atoms with Crippen LogP contribution in [0.15, 0.2) is 42.7 Å². The molecule has 1 aliphatic rings. The molecule has 2 N–H and O–H groups in total. The molecule has 1 fully saturated rings. The molecule has 1 aromatic heterocycles. The Bertz CT molecular complexity index is 1260. The lowest BCUT2D eigenvalue weighted by Crippen LogP contribution is -2.38. The van der Waals surface area contributed by atoms with Gasteiger partial charge in [0.1, 0.15) is 12.1 Å². The molecule has 196 valence electrons. The van der Waals surface area contributed by atoms with Gasteiger partial charge in [0.2, 0.25) is 17.8 Å². The van der Waals surface area contributed by atoms with Gasteiger partial charge in [-0.3, -0.25) is 4.79 Å². The summed E-state index contributed by atoms with van der Waals surface area (Å²) in [6, 6.07) is 7.93. The van der Waals surface area contributed by atoms with Gasteiger partial charge in [0.05, 0.1) is 18.3 Å². The summed E-state index contributed by atoms with van der Waals surface area (Å²) in [6.45, 7) is 4.38. The highest BCUT2D eigenvalue weighted by molar-refractivity contribution is 5.90. The number of hydrogen-bond acceptors (Lipinski definition) is 7. The van der Waals surface area contributed by atoms with Gasteiger partial charge in [0, 0.05) is 37.0 Å². The van der Waals surface area contributed by atoms with E-state index in [1.54, 1.807) is 6.07 Å². The van der Waals surface area contributed by atoms with Crippen molar-refractivity contribution in [3.63, 3.8) is 0 Å². The molecule has 0 atom stereocenters. The summed E-state index contributed by atoms with van der Waals surface area (Å²) in [7, 11) is 0. The zero-order valence-corrected chi connectivity index (χ0v) is 20.3. The number of nitrogens with zero attached hydrogens (tertiary/aromatic N) is 4. The number of halogens is 4. The second-order valence-electron chi connectivity index (χ2n) is 8.69. The number of ether oxygens (including phenoxy) is 1. The standard InChI is InChI=1S/C25H26F4N6O2/c1-15-21(32-16(2)36)4-3-5-22(15)33-23-30-14-31-24(34-23)35-10-8-19(9-11-35)37-13-17-6-7-18(12-20(17)26)25(27,28)29/h3-7,12,14,19H,8-11,13H2,1-2H3,(H,32,36)(H,30,31,33,34). The van der Waals surface area contributed by atoms with Crippen molar-refractivity contribution >= 4 is 29.2 Å². The third kappa shape index (κ3) is 6.70. The number of rotatable bonds is 7. The number of anilines is 4. The summed E-state index contributed by atoms with van der Waals surface area (Å²) in [5, 5.41) is 5.94. The molecule has 0 bridgehead atoms. The number of aromatic nitrogens is 3. The Hall–Kier alpha value is -3.80. The Morgan fingerprint density at radius 2 is 1.86 bits per heavy atom. The van der Waals surface area contributed by atoms with Crippen molar-refractivity contribution in [2.75, 3.05) is 28.6 Å². The zero-order valence-electron chi connectivity index (χ0n) is 20.3. The van der Waals surface area contributed by atoms with Crippen LogP contribution in [-0.2, 0) is 22.3 Å². The zero-order chi connectivity index (χ0) is 26.6. The summed E-state index contributed by atoms with van der Waals surface area (Å²) in [5.41, 5.74) is 1.32. The van der Waals surface area contributed by atoms with Crippen molar-refractivity contribution < 1.29 is 27.1 Å². The number of nitrogens with one attached hydrogen (secondary N) is 2. The molecule has 0 unspecified atom stereocenters. The quantitative estimate of drug-likeness (QED) is 0.414. The second-order valence-corrected chi connectivity index (χ2v) is 8.69. The van der Waals surface area contributed by atoms with Crippen LogP contribution in [0.5, 0.6) is 0 Å². The minimum Gasteiger partial charge on any atom is -0.373 e. The molecule has 0 saturated carbocycles. The topological polar surface area (TPSA) is 92.3 Å². The van der Waals surface area contributed by atoms with Crippen molar-refractivity contribution in [1.82, 2.24) is 15.0 Å². The molecule has 0 spiro atoms. The van der Waals surface area contributed by atoms with Gasteiger partial charge < -0.3 is 20.3 Å². The fourth-order valence-electron chi connectivity index (χ4n) is 3.99. The number of piperidine rings is 1. The minimum absolute atomic E-state index is 0.0847. The predicted molar refractivity (Wildman–Crippen MR) is 130 cm³/mol. The lowest BCUT2D eigenvalue weighted by Gasteiger charge is -2.32. The Morgan fingerprint density at radius 3 is 2.54 bits per heavy atom. The summed E-state index contributed by atoms with van der Waals surface area (Å²) < 4.78 is 58.0. The number of amides is 1. The summed E-state index contributed by atoms with van der Waals surface area (Å²) in [6.07, 6.45) is -2.11. The van der Waals surface area contributed by atoms with Crippen LogP contribution in [0.3, 0.4) is 0 Å². The highest BCUT2D eigenvalue weighted by Gasteiger charge is 2.31. The maximum absolute atomic E-state index is 14.1. The third-order valence-corrected chi connectivity index (χ3v) is 6.03. The van der Waals surface area contributed by atoms with Crippen LogP contribution in [0.1, 0.15) is 36.5 Å². The van der Waals surface area contributed by atoms with Gasteiger partial charge in [-0.1, -0.05) is 12.1 Å². The van der Waals surface area contributed by atoms with E-state index in [1.807, 2.05) is 24.0 Å². The van der Waals surface area contributed by atoms with Crippen molar-refractivity contribution in [2.45, 2.75) is 45.6 Å². The van der Waals surface area contributed by atoms with Gasteiger partial charge in [0.25, 0.3) is 0 Å². The molecule has 1 saturated heterocycles. The molecule has 0 aliphatic carbocycles. The number of hydrogen-bond donors (Lipinski definition) is 2. The van der Waals surface area contributed by atoms with Crippen molar-refractivity contribution in [3.05, 3.63) is 65.2 Å². The molecule has 12 heteroatoms. The Labute approximate surface area is 211 Å². The number of benzene rings is 2. The number of alkyl halides is 3. The first-order chi connectivity index (χ1) is 17.6. The lowest BCUT2D eigenvalue weighted by atomic mass is 10.1. The highest BCUT2D eigenvalue weighted by atomic mass is 19.4. The van der Waals surface area contributed by atoms with Crippen LogP contribution in [0, 0.1) is 12.7 Å². The van der Waals surface area contributed by atoms with E-state index in [2.05, 4.69) is 25.6 Å². The second kappa shape index (κ2) is 11.1. The molecule has 8 nitrogen and oxygen atoms in total. The first-order valence-corrected chi connectivity index (χ1v) is 11.7.